The molecule has 0 heterocycles. The summed E-state index contributed by atoms with van der Waals surface area (Å²) in [5.41, 5.74) is 1.30. The Morgan fingerprint density at radius 1 is 1.19 bits per heavy atom. The monoisotopic (exact) mass is 291 g/mol. The van der Waals surface area contributed by atoms with Gasteiger partial charge in [-0.25, -0.2) is 0 Å². The van der Waals surface area contributed by atoms with E-state index in [9.17, 15) is 0 Å². The van der Waals surface area contributed by atoms with Crippen LogP contribution < -0.4 is 10.1 Å². The Balaban J connectivity index is 1.94. The van der Waals surface area contributed by atoms with Crippen molar-refractivity contribution in [1.82, 2.24) is 5.32 Å². The lowest BCUT2D eigenvalue weighted by molar-refractivity contribution is 0.0916. The van der Waals surface area contributed by atoms with Gasteiger partial charge >= 0.3 is 0 Å². The quantitative estimate of drug-likeness (QED) is 0.835. The summed E-state index contributed by atoms with van der Waals surface area (Å²) in [6.07, 6.45) is 4.90. The molecule has 1 saturated carbocycles. The summed E-state index contributed by atoms with van der Waals surface area (Å²) in [4.78, 5) is 0. The van der Waals surface area contributed by atoms with E-state index >= 15 is 0 Å². The molecule has 1 aliphatic carbocycles. The van der Waals surface area contributed by atoms with Crippen molar-refractivity contribution >= 4 is 0 Å². The number of nitrogens with one attached hydrogen (secondary N) is 1. The van der Waals surface area contributed by atoms with Crippen LogP contribution in [0.15, 0.2) is 24.3 Å². The summed E-state index contributed by atoms with van der Waals surface area (Å²) in [7, 11) is 1.74. The summed E-state index contributed by atoms with van der Waals surface area (Å²) in [6, 6.07) is 8.95. The van der Waals surface area contributed by atoms with Gasteiger partial charge in [0, 0.05) is 13.2 Å². The Hall–Kier alpha value is -1.06. The first-order chi connectivity index (χ1) is 10.2. The molecule has 3 nitrogen and oxygen atoms in total. The van der Waals surface area contributed by atoms with E-state index in [2.05, 4.69) is 43.4 Å². The number of benzene rings is 1. The van der Waals surface area contributed by atoms with Gasteiger partial charge in [0.25, 0.3) is 0 Å². The molecule has 2 rings (SSSR count). The van der Waals surface area contributed by atoms with Crippen LogP contribution in [0.1, 0.15) is 38.7 Å². The van der Waals surface area contributed by atoms with Crippen molar-refractivity contribution in [3.63, 3.8) is 0 Å². The van der Waals surface area contributed by atoms with Crippen LogP contribution in [-0.2, 0) is 11.2 Å². The molecule has 0 aliphatic heterocycles. The number of hydrogen-bond donors (Lipinski definition) is 1. The summed E-state index contributed by atoms with van der Waals surface area (Å²) >= 11 is 0. The second-order valence-corrected chi connectivity index (χ2v) is 6.13. The van der Waals surface area contributed by atoms with E-state index in [0.717, 1.165) is 37.7 Å². The Kier molecular flexibility index (Phi) is 6.52. The average molecular weight is 291 g/mol. The number of rotatable bonds is 7. The van der Waals surface area contributed by atoms with Gasteiger partial charge in [0.1, 0.15) is 11.9 Å². The molecule has 1 N–H and O–H groups in total. The van der Waals surface area contributed by atoms with Crippen LogP contribution in [0.5, 0.6) is 5.75 Å². The SMILES string of the molecule is CCNC1CCC(C)CC1Oc1ccc(CCOC)cc1. The molecule has 0 saturated heterocycles. The number of methoxy groups -OCH3 is 1. The highest BCUT2D eigenvalue weighted by atomic mass is 16.5. The van der Waals surface area contributed by atoms with Crippen molar-refractivity contribution in [3.8, 4) is 5.75 Å². The van der Waals surface area contributed by atoms with Crippen molar-refractivity contribution in [1.29, 1.82) is 0 Å². The summed E-state index contributed by atoms with van der Waals surface area (Å²) in [5.74, 6) is 1.74. The molecule has 0 radical (unpaired) electrons. The molecular weight excluding hydrogens is 262 g/mol. The number of likely N-dealkylation sites (N-methyl/N-ethyl adjacent to an activating group) is 1. The molecule has 1 aromatic carbocycles. The van der Waals surface area contributed by atoms with Crippen LogP contribution in [0, 0.1) is 5.92 Å². The summed E-state index contributed by atoms with van der Waals surface area (Å²) in [6.45, 7) is 6.27. The Morgan fingerprint density at radius 2 is 1.95 bits per heavy atom. The van der Waals surface area contributed by atoms with Gasteiger partial charge in [-0.2, -0.15) is 0 Å². The van der Waals surface area contributed by atoms with Crippen molar-refractivity contribution in [2.75, 3.05) is 20.3 Å². The first-order valence-electron chi connectivity index (χ1n) is 8.20. The molecule has 1 aromatic rings. The van der Waals surface area contributed by atoms with E-state index < -0.39 is 0 Å². The van der Waals surface area contributed by atoms with Gasteiger partial charge in [-0.1, -0.05) is 26.0 Å². The third-order valence-corrected chi connectivity index (χ3v) is 4.33. The lowest BCUT2D eigenvalue weighted by Crippen LogP contribution is -2.46. The topological polar surface area (TPSA) is 30.5 Å². The number of hydrogen-bond acceptors (Lipinski definition) is 3. The van der Waals surface area contributed by atoms with Crippen LogP contribution in [0.2, 0.25) is 0 Å². The van der Waals surface area contributed by atoms with Gasteiger partial charge in [0.2, 0.25) is 0 Å². The maximum Gasteiger partial charge on any atom is 0.119 e. The molecule has 0 bridgehead atoms. The predicted octanol–water partition coefficient (Wildman–Crippen LogP) is 3.42. The molecule has 3 atom stereocenters. The molecule has 0 amide bonds. The van der Waals surface area contributed by atoms with E-state index in [1.54, 1.807) is 7.11 Å². The van der Waals surface area contributed by atoms with Crippen LogP contribution >= 0.6 is 0 Å². The highest BCUT2D eigenvalue weighted by Gasteiger charge is 2.29. The van der Waals surface area contributed by atoms with Gasteiger partial charge in [-0.15, -0.1) is 0 Å². The van der Waals surface area contributed by atoms with E-state index in [1.165, 1.54) is 18.4 Å². The second kappa shape index (κ2) is 8.40. The average Bonchev–Trinajstić information content (AvgIpc) is 2.49. The van der Waals surface area contributed by atoms with Crippen molar-refractivity contribution in [3.05, 3.63) is 29.8 Å². The number of ether oxygens (including phenoxy) is 2. The van der Waals surface area contributed by atoms with Gasteiger partial charge in [-0.05, 0) is 55.8 Å². The van der Waals surface area contributed by atoms with Gasteiger partial charge < -0.3 is 14.8 Å². The molecular formula is C18H29NO2. The molecule has 1 aliphatic rings. The Labute approximate surface area is 129 Å². The zero-order valence-corrected chi connectivity index (χ0v) is 13.6. The third kappa shape index (κ3) is 5.01. The van der Waals surface area contributed by atoms with E-state index in [1.807, 2.05) is 0 Å². The highest BCUT2D eigenvalue weighted by Crippen LogP contribution is 2.28. The largest absolute Gasteiger partial charge is 0.489 e. The van der Waals surface area contributed by atoms with E-state index in [-0.39, 0.29) is 0 Å². The lowest BCUT2D eigenvalue weighted by Gasteiger charge is -2.35. The maximum atomic E-state index is 6.26. The zero-order valence-electron chi connectivity index (χ0n) is 13.6. The molecule has 21 heavy (non-hydrogen) atoms. The minimum absolute atomic E-state index is 0.290. The van der Waals surface area contributed by atoms with E-state index in [0.29, 0.717) is 12.1 Å². The first kappa shape index (κ1) is 16.3. The highest BCUT2D eigenvalue weighted by molar-refractivity contribution is 5.27. The molecule has 118 valence electrons. The minimum Gasteiger partial charge on any atom is -0.489 e. The fraction of sp³-hybridized carbons (Fsp3) is 0.667. The molecule has 0 spiro atoms. The standard InChI is InChI=1S/C18H29NO2/c1-4-19-17-10-5-14(2)13-18(17)21-16-8-6-15(7-9-16)11-12-20-3/h6-9,14,17-19H,4-5,10-13H2,1-3H3. The van der Waals surface area contributed by atoms with Crippen LogP contribution in [0.4, 0.5) is 0 Å². The predicted molar refractivity (Wildman–Crippen MR) is 86.9 cm³/mol. The maximum absolute atomic E-state index is 6.26. The summed E-state index contributed by atoms with van der Waals surface area (Å²) in [5, 5.41) is 3.57. The molecule has 3 heteroatoms. The van der Waals surface area contributed by atoms with Crippen LogP contribution in [-0.4, -0.2) is 32.4 Å². The van der Waals surface area contributed by atoms with Gasteiger partial charge in [-0.3, -0.25) is 0 Å². The lowest BCUT2D eigenvalue weighted by atomic mass is 9.85. The van der Waals surface area contributed by atoms with Gasteiger partial charge in [0.05, 0.1) is 6.61 Å². The van der Waals surface area contributed by atoms with Crippen molar-refractivity contribution < 1.29 is 9.47 Å². The Bertz CT molecular complexity index is 404. The minimum atomic E-state index is 0.290. The van der Waals surface area contributed by atoms with Crippen molar-refractivity contribution in [2.45, 2.75) is 51.7 Å². The van der Waals surface area contributed by atoms with E-state index in [4.69, 9.17) is 9.47 Å². The molecule has 3 unspecified atom stereocenters. The molecule has 0 aromatic heterocycles. The third-order valence-electron chi connectivity index (χ3n) is 4.33. The fourth-order valence-electron chi connectivity index (χ4n) is 3.08. The molecule has 1 fully saturated rings. The van der Waals surface area contributed by atoms with Crippen LogP contribution in [0.3, 0.4) is 0 Å². The summed E-state index contributed by atoms with van der Waals surface area (Å²) < 4.78 is 11.4. The second-order valence-electron chi connectivity index (χ2n) is 6.13. The van der Waals surface area contributed by atoms with Crippen molar-refractivity contribution in [2.24, 2.45) is 5.92 Å². The first-order valence-corrected chi connectivity index (χ1v) is 8.20. The fourth-order valence-corrected chi connectivity index (χ4v) is 3.08. The Morgan fingerprint density at radius 3 is 2.62 bits per heavy atom. The van der Waals surface area contributed by atoms with Gasteiger partial charge in [0.15, 0.2) is 0 Å². The zero-order chi connectivity index (χ0) is 15.1. The van der Waals surface area contributed by atoms with Crippen LogP contribution in [0.25, 0.3) is 0 Å². The smallest absolute Gasteiger partial charge is 0.119 e. The normalized spacial score (nSPS) is 25.8.